The molecule has 3 rings (SSSR count). The van der Waals surface area contributed by atoms with Crippen molar-refractivity contribution in [3.8, 4) is 10.8 Å². The second kappa shape index (κ2) is 6.06. The van der Waals surface area contributed by atoms with Crippen molar-refractivity contribution < 1.29 is 18.0 Å². The molecule has 0 atom stereocenters. The van der Waals surface area contributed by atoms with Crippen molar-refractivity contribution in [1.82, 2.24) is 19.9 Å². The van der Waals surface area contributed by atoms with Crippen LogP contribution in [0.4, 0.5) is 8.78 Å². The second-order valence-electron chi connectivity index (χ2n) is 4.22. The molecule has 0 saturated carbocycles. The van der Waals surface area contributed by atoms with E-state index in [0.717, 1.165) is 17.5 Å². The van der Waals surface area contributed by atoms with Gasteiger partial charge in [-0.15, -0.1) is 11.3 Å². The van der Waals surface area contributed by atoms with E-state index in [9.17, 15) is 13.6 Å². The first-order chi connectivity index (χ1) is 10.6. The van der Waals surface area contributed by atoms with E-state index in [4.69, 9.17) is 4.42 Å². The lowest BCUT2D eigenvalue weighted by molar-refractivity contribution is 0.0660. The number of hydrogen-bond acceptors (Lipinski definition) is 5. The summed E-state index contributed by atoms with van der Waals surface area (Å²) in [7, 11) is 0. The van der Waals surface area contributed by atoms with Crippen LogP contribution in [-0.2, 0) is 6.54 Å². The van der Waals surface area contributed by atoms with E-state index in [1.807, 2.05) is 0 Å². The fourth-order valence-corrected chi connectivity index (χ4v) is 2.60. The number of imidazole rings is 1. The number of alkyl halides is 2. The van der Waals surface area contributed by atoms with Gasteiger partial charge in [0.1, 0.15) is 10.7 Å². The Labute approximate surface area is 127 Å². The van der Waals surface area contributed by atoms with Crippen molar-refractivity contribution in [3.05, 3.63) is 47.7 Å². The SMILES string of the molecule is O=C(NCc1nccn1C(F)F)c1cnc(-c2ccco2)s1. The third-order valence-corrected chi connectivity index (χ3v) is 3.84. The highest BCUT2D eigenvalue weighted by Gasteiger charge is 2.15. The van der Waals surface area contributed by atoms with Crippen LogP contribution >= 0.6 is 11.3 Å². The predicted molar refractivity (Wildman–Crippen MR) is 74.5 cm³/mol. The zero-order valence-electron chi connectivity index (χ0n) is 11.1. The Morgan fingerprint density at radius 3 is 3.05 bits per heavy atom. The number of thiazole rings is 1. The first-order valence-corrected chi connectivity index (χ1v) is 7.04. The quantitative estimate of drug-likeness (QED) is 0.783. The Kier molecular flexibility index (Phi) is 3.96. The summed E-state index contributed by atoms with van der Waals surface area (Å²) in [5, 5.41) is 3.11. The molecular weight excluding hydrogens is 314 g/mol. The van der Waals surface area contributed by atoms with Crippen LogP contribution in [0.1, 0.15) is 22.0 Å². The van der Waals surface area contributed by atoms with Gasteiger partial charge >= 0.3 is 6.55 Å². The average Bonchev–Trinajstić information content (AvgIpc) is 3.23. The van der Waals surface area contributed by atoms with E-state index >= 15 is 0 Å². The zero-order valence-corrected chi connectivity index (χ0v) is 11.9. The maximum atomic E-state index is 12.7. The molecule has 6 nitrogen and oxygen atoms in total. The highest BCUT2D eigenvalue weighted by atomic mass is 32.1. The molecule has 9 heteroatoms. The van der Waals surface area contributed by atoms with Gasteiger partial charge < -0.3 is 9.73 Å². The molecule has 0 aliphatic rings. The van der Waals surface area contributed by atoms with E-state index in [1.165, 1.54) is 18.7 Å². The topological polar surface area (TPSA) is 73.0 Å². The number of carbonyl (C=O) groups excluding carboxylic acids is 1. The molecule has 0 aliphatic carbocycles. The highest BCUT2D eigenvalue weighted by Crippen LogP contribution is 2.25. The molecular formula is C13H10F2N4O2S. The molecule has 1 N–H and O–H groups in total. The molecule has 3 heterocycles. The summed E-state index contributed by atoms with van der Waals surface area (Å²) in [5.41, 5.74) is 0. The minimum Gasteiger partial charge on any atom is -0.462 e. The van der Waals surface area contributed by atoms with Gasteiger partial charge in [-0.2, -0.15) is 8.78 Å². The number of nitrogens with zero attached hydrogens (tertiary/aromatic N) is 3. The molecule has 0 unspecified atom stereocenters. The standard InChI is InChI=1S/C13H10F2N4O2S/c14-13(15)19-4-3-16-10(19)7-17-11(20)9-6-18-12(22-9)8-2-1-5-21-8/h1-6,13H,7H2,(H,17,20). The summed E-state index contributed by atoms with van der Waals surface area (Å²) in [5.74, 6) is 0.246. The molecule has 0 fully saturated rings. The largest absolute Gasteiger partial charge is 0.462 e. The van der Waals surface area contributed by atoms with Crippen LogP contribution in [0.2, 0.25) is 0 Å². The summed E-state index contributed by atoms with van der Waals surface area (Å²) in [4.78, 5) is 20.3. The average molecular weight is 324 g/mol. The smallest absolute Gasteiger partial charge is 0.319 e. The fourth-order valence-electron chi connectivity index (χ4n) is 1.80. The van der Waals surface area contributed by atoms with Crippen molar-refractivity contribution in [2.45, 2.75) is 13.1 Å². The molecule has 0 aliphatic heterocycles. The maximum absolute atomic E-state index is 12.7. The lowest BCUT2D eigenvalue weighted by atomic mass is 10.4. The summed E-state index contributed by atoms with van der Waals surface area (Å²) in [6.45, 7) is -2.78. The van der Waals surface area contributed by atoms with Crippen molar-refractivity contribution in [3.63, 3.8) is 0 Å². The molecule has 114 valence electrons. The lowest BCUT2D eigenvalue weighted by Crippen LogP contribution is -2.24. The first kappa shape index (κ1) is 14.4. The van der Waals surface area contributed by atoms with Crippen LogP contribution in [0, 0.1) is 0 Å². The van der Waals surface area contributed by atoms with Crippen LogP contribution in [-0.4, -0.2) is 20.4 Å². The Hall–Kier alpha value is -2.55. The van der Waals surface area contributed by atoms with Crippen LogP contribution in [0.25, 0.3) is 10.8 Å². The van der Waals surface area contributed by atoms with Crippen LogP contribution in [0.3, 0.4) is 0 Å². The minimum atomic E-state index is -2.69. The van der Waals surface area contributed by atoms with Crippen LogP contribution in [0.5, 0.6) is 0 Å². The predicted octanol–water partition coefficient (Wildman–Crippen LogP) is 2.92. The molecule has 3 aromatic heterocycles. The second-order valence-corrected chi connectivity index (χ2v) is 5.25. The Balaban J connectivity index is 1.66. The van der Waals surface area contributed by atoms with Crippen LogP contribution < -0.4 is 5.32 Å². The number of rotatable bonds is 5. The van der Waals surface area contributed by atoms with Crippen molar-refractivity contribution in [2.75, 3.05) is 0 Å². The summed E-state index contributed by atoms with van der Waals surface area (Å²) in [6.07, 6.45) is 5.35. The number of carbonyl (C=O) groups is 1. The fraction of sp³-hybridized carbons (Fsp3) is 0.154. The van der Waals surface area contributed by atoms with Gasteiger partial charge in [-0.3, -0.25) is 9.36 Å². The van der Waals surface area contributed by atoms with Crippen LogP contribution in [0.15, 0.2) is 41.4 Å². The monoisotopic (exact) mass is 324 g/mol. The Bertz CT molecular complexity index is 767. The lowest BCUT2D eigenvalue weighted by Gasteiger charge is -2.06. The summed E-state index contributed by atoms with van der Waals surface area (Å²) >= 11 is 1.15. The normalized spacial score (nSPS) is 11.0. The molecule has 3 aromatic rings. The number of aromatic nitrogens is 3. The van der Waals surface area contributed by atoms with Gasteiger partial charge in [0.15, 0.2) is 10.8 Å². The van der Waals surface area contributed by atoms with Gasteiger partial charge in [0.2, 0.25) is 0 Å². The Morgan fingerprint density at radius 1 is 1.45 bits per heavy atom. The van der Waals surface area contributed by atoms with E-state index in [-0.39, 0.29) is 12.4 Å². The number of furan rings is 1. The Morgan fingerprint density at radius 2 is 2.32 bits per heavy atom. The van der Waals surface area contributed by atoms with E-state index in [1.54, 1.807) is 12.1 Å². The van der Waals surface area contributed by atoms with Gasteiger partial charge in [-0.05, 0) is 12.1 Å². The van der Waals surface area contributed by atoms with Gasteiger partial charge in [0, 0.05) is 12.4 Å². The van der Waals surface area contributed by atoms with Gasteiger partial charge in [-0.25, -0.2) is 9.97 Å². The molecule has 0 aromatic carbocycles. The van der Waals surface area contributed by atoms with E-state index in [0.29, 0.717) is 20.2 Å². The highest BCUT2D eigenvalue weighted by molar-refractivity contribution is 7.16. The maximum Gasteiger partial charge on any atom is 0.319 e. The molecule has 0 saturated heterocycles. The number of halogens is 2. The third kappa shape index (κ3) is 2.89. The third-order valence-electron chi connectivity index (χ3n) is 2.83. The summed E-state index contributed by atoms with van der Waals surface area (Å²) < 4.78 is 31.2. The molecule has 0 spiro atoms. The number of hydrogen-bond donors (Lipinski definition) is 1. The van der Waals surface area contributed by atoms with Crippen molar-refractivity contribution in [1.29, 1.82) is 0 Å². The first-order valence-electron chi connectivity index (χ1n) is 6.23. The van der Waals surface area contributed by atoms with E-state index in [2.05, 4.69) is 15.3 Å². The van der Waals surface area contributed by atoms with Crippen molar-refractivity contribution in [2.24, 2.45) is 0 Å². The minimum absolute atomic E-state index is 0.0825. The molecule has 1 amide bonds. The van der Waals surface area contributed by atoms with Crippen molar-refractivity contribution >= 4 is 17.2 Å². The molecule has 0 radical (unpaired) electrons. The number of amides is 1. The molecule has 22 heavy (non-hydrogen) atoms. The van der Waals surface area contributed by atoms with E-state index < -0.39 is 12.5 Å². The number of nitrogens with one attached hydrogen (secondary N) is 1. The molecule has 0 bridgehead atoms. The van der Waals surface area contributed by atoms with Gasteiger partial charge in [-0.1, -0.05) is 0 Å². The van der Waals surface area contributed by atoms with Gasteiger partial charge in [0.05, 0.1) is 19.0 Å². The summed E-state index contributed by atoms with van der Waals surface area (Å²) in [6, 6.07) is 3.46. The zero-order chi connectivity index (χ0) is 15.5. The van der Waals surface area contributed by atoms with Gasteiger partial charge in [0.25, 0.3) is 5.91 Å².